The van der Waals surface area contributed by atoms with Gasteiger partial charge in [0.1, 0.15) is 23.5 Å². The van der Waals surface area contributed by atoms with Crippen molar-refractivity contribution >= 4 is 46.2 Å². The lowest BCUT2D eigenvalue weighted by molar-refractivity contribution is -0.149. The highest BCUT2D eigenvalue weighted by atomic mass is 16.6. The zero-order chi connectivity index (χ0) is 34.1. The SMILES string of the molecule is COC(=O)CCN(C(=O)c1ccc2c(c1)nc(CNc1ccc(/C(N)=N/C(C)OC(=O)C(N)CC(C)C)cc1)n2C)c1ccccn1. The third-order valence-corrected chi connectivity index (χ3v) is 7.43. The molecule has 0 saturated carbocycles. The van der Waals surface area contributed by atoms with E-state index in [2.05, 4.69) is 15.3 Å². The molecule has 5 N–H and O–H groups in total. The van der Waals surface area contributed by atoms with Crippen molar-refractivity contribution in [2.45, 2.75) is 52.4 Å². The Kier molecular flexibility index (Phi) is 11.6. The second-order valence-electron chi connectivity index (χ2n) is 11.5. The first-order valence-corrected chi connectivity index (χ1v) is 15.4. The van der Waals surface area contributed by atoms with E-state index in [1.165, 1.54) is 12.0 Å². The minimum atomic E-state index is -0.773. The van der Waals surface area contributed by atoms with Crippen molar-refractivity contribution in [3.63, 3.8) is 0 Å². The number of nitrogens with zero attached hydrogens (tertiary/aromatic N) is 5. The second kappa shape index (κ2) is 15.8. The minimum Gasteiger partial charge on any atom is -0.469 e. The van der Waals surface area contributed by atoms with Gasteiger partial charge in [0.25, 0.3) is 5.91 Å². The summed E-state index contributed by atoms with van der Waals surface area (Å²) in [6.45, 7) is 6.15. The summed E-state index contributed by atoms with van der Waals surface area (Å²) in [7, 11) is 3.22. The molecule has 0 saturated heterocycles. The molecule has 4 aromatic rings. The van der Waals surface area contributed by atoms with E-state index in [-0.39, 0.29) is 30.6 Å². The van der Waals surface area contributed by atoms with Crippen molar-refractivity contribution in [1.29, 1.82) is 0 Å². The van der Waals surface area contributed by atoms with Crippen LogP contribution in [0.25, 0.3) is 11.0 Å². The van der Waals surface area contributed by atoms with Gasteiger partial charge in [-0.2, -0.15) is 0 Å². The monoisotopic (exact) mass is 642 g/mol. The number of benzene rings is 2. The van der Waals surface area contributed by atoms with E-state index in [1.54, 1.807) is 43.5 Å². The number of aliphatic imine (C=N–C) groups is 1. The zero-order valence-electron chi connectivity index (χ0n) is 27.3. The minimum absolute atomic E-state index is 0.0309. The lowest BCUT2D eigenvalue weighted by atomic mass is 10.1. The lowest BCUT2D eigenvalue weighted by Crippen LogP contribution is -2.35. The highest BCUT2D eigenvalue weighted by molar-refractivity contribution is 6.07. The molecule has 0 aliphatic rings. The first-order valence-electron chi connectivity index (χ1n) is 15.4. The van der Waals surface area contributed by atoms with Gasteiger partial charge < -0.3 is 30.8 Å². The van der Waals surface area contributed by atoms with Crippen LogP contribution in [0, 0.1) is 5.92 Å². The van der Waals surface area contributed by atoms with Gasteiger partial charge in [0, 0.05) is 36.6 Å². The smallest absolute Gasteiger partial charge is 0.324 e. The van der Waals surface area contributed by atoms with Crippen LogP contribution in [0.5, 0.6) is 0 Å². The van der Waals surface area contributed by atoms with Crippen molar-refractivity contribution in [2.75, 3.05) is 23.9 Å². The Morgan fingerprint density at radius 2 is 1.77 bits per heavy atom. The molecule has 2 atom stereocenters. The second-order valence-corrected chi connectivity index (χ2v) is 11.5. The van der Waals surface area contributed by atoms with Gasteiger partial charge in [-0.3, -0.25) is 19.3 Å². The zero-order valence-corrected chi connectivity index (χ0v) is 27.3. The van der Waals surface area contributed by atoms with E-state index in [0.29, 0.717) is 35.4 Å². The van der Waals surface area contributed by atoms with E-state index in [4.69, 9.17) is 25.9 Å². The molecule has 0 fully saturated rings. The fourth-order valence-corrected chi connectivity index (χ4v) is 4.93. The van der Waals surface area contributed by atoms with Crippen molar-refractivity contribution in [2.24, 2.45) is 29.4 Å². The van der Waals surface area contributed by atoms with Gasteiger partial charge in [0.2, 0.25) is 0 Å². The number of pyridine rings is 1. The average Bonchev–Trinajstić information content (AvgIpc) is 3.38. The Morgan fingerprint density at radius 1 is 1.04 bits per heavy atom. The number of nitrogens with two attached hydrogens (primary N) is 2. The maximum atomic E-state index is 13.6. The molecule has 2 heterocycles. The number of aromatic nitrogens is 3. The van der Waals surface area contributed by atoms with Crippen LogP contribution in [0.1, 0.15) is 55.4 Å². The van der Waals surface area contributed by atoms with Gasteiger partial charge in [-0.25, -0.2) is 15.0 Å². The fourth-order valence-electron chi connectivity index (χ4n) is 4.93. The Morgan fingerprint density at radius 3 is 2.43 bits per heavy atom. The molecule has 0 aliphatic heterocycles. The Hall–Kier alpha value is -5.30. The summed E-state index contributed by atoms with van der Waals surface area (Å²) in [6.07, 6.45) is 1.38. The van der Waals surface area contributed by atoms with Crippen LogP contribution in [0.15, 0.2) is 71.9 Å². The topological polar surface area (TPSA) is 180 Å². The van der Waals surface area contributed by atoms with Crippen LogP contribution in [0.2, 0.25) is 0 Å². The maximum Gasteiger partial charge on any atom is 0.324 e. The summed E-state index contributed by atoms with van der Waals surface area (Å²) < 4.78 is 12.1. The third-order valence-electron chi connectivity index (χ3n) is 7.43. The number of amidine groups is 1. The molecule has 13 nitrogen and oxygen atoms in total. The van der Waals surface area contributed by atoms with E-state index in [1.807, 2.05) is 55.8 Å². The number of rotatable bonds is 14. The maximum absolute atomic E-state index is 13.6. The number of methoxy groups -OCH3 is 1. The summed E-state index contributed by atoms with van der Waals surface area (Å²) >= 11 is 0. The molecule has 248 valence electrons. The molecule has 2 unspecified atom stereocenters. The van der Waals surface area contributed by atoms with E-state index in [9.17, 15) is 14.4 Å². The summed E-state index contributed by atoms with van der Waals surface area (Å²) in [5, 5.41) is 3.36. The Bertz CT molecular complexity index is 1720. The number of hydrogen-bond donors (Lipinski definition) is 3. The number of anilines is 2. The number of carbonyl (C=O) groups is 3. The first-order chi connectivity index (χ1) is 22.5. The van der Waals surface area contributed by atoms with Crippen LogP contribution >= 0.6 is 0 Å². The molecule has 1 amide bonds. The highest BCUT2D eigenvalue weighted by Crippen LogP contribution is 2.21. The number of aryl methyl sites for hydroxylation is 1. The molecule has 4 rings (SSSR count). The lowest BCUT2D eigenvalue weighted by Gasteiger charge is -2.21. The van der Waals surface area contributed by atoms with E-state index < -0.39 is 24.2 Å². The van der Waals surface area contributed by atoms with Gasteiger partial charge in [-0.1, -0.05) is 19.9 Å². The number of fused-ring (bicyclic) bond motifs is 1. The van der Waals surface area contributed by atoms with Gasteiger partial charge in [0.05, 0.1) is 31.1 Å². The van der Waals surface area contributed by atoms with Gasteiger partial charge in [0.15, 0.2) is 6.23 Å². The predicted molar refractivity (Wildman–Crippen MR) is 181 cm³/mol. The van der Waals surface area contributed by atoms with E-state index in [0.717, 1.165) is 17.0 Å². The highest BCUT2D eigenvalue weighted by Gasteiger charge is 2.22. The molecule has 0 bridgehead atoms. The molecule has 47 heavy (non-hydrogen) atoms. The van der Waals surface area contributed by atoms with Crippen LogP contribution in [0.3, 0.4) is 0 Å². The summed E-state index contributed by atoms with van der Waals surface area (Å²) in [5.74, 6) is 0.479. The number of carbonyl (C=O) groups excluding carboxylic acids is 3. The number of esters is 2. The molecule has 13 heteroatoms. The summed E-state index contributed by atoms with van der Waals surface area (Å²) in [6, 6.07) is 17.3. The van der Waals surface area contributed by atoms with Crippen molar-refractivity contribution in [3.8, 4) is 0 Å². The molecule has 2 aromatic carbocycles. The molecular weight excluding hydrogens is 600 g/mol. The van der Waals surface area contributed by atoms with Crippen LogP contribution in [-0.4, -0.2) is 64.1 Å². The number of imidazole rings is 1. The molecule has 2 aromatic heterocycles. The largest absolute Gasteiger partial charge is 0.469 e. The number of hydrogen-bond acceptors (Lipinski definition) is 10. The van der Waals surface area contributed by atoms with Crippen LogP contribution < -0.4 is 21.7 Å². The van der Waals surface area contributed by atoms with E-state index >= 15 is 0 Å². The Labute approximate surface area is 274 Å². The molecule has 0 aliphatic carbocycles. The van der Waals surface area contributed by atoms with Gasteiger partial charge in [-0.05, 0) is 73.9 Å². The molecular formula is C34H42N8O5. The van der Waals surface area contributed by atoms with Crippen molar-refractivity contribution in [3.05, 3.63) is 83.8 Å². The fraction of sp³-hybridized carbons (Fsp3) is 0.353. The standard InChI is InChI=1S/C34H42N8O5/c1-21(2)18-26(35)34(45)47-22(3)39-32(36)23-9-12-25(13-10-23)38-20-30-40-27-19-24(11-14-28(27)41(30)4)33(44)42(17-15-31(43)46-5)29-8-6-7-16-37-29/h6-14,16,19,21-22,26,38H,15,17-18,20,35H2,1-5H3,(H2,36,39). The summed E-state index contributed by atoms with van der Waals surface area (Å²) in [4.78, 5) is 52.4. The van der Waals surface area contributed by atoms with Crippen molar-refractivity contribution < 1.29 is 23.9 Å². The number of amides is 1. The molecule has 0 radical (unpaired) electrons. The number of ether oxygens (including phenoxy) is 2. The summed E-state index contributed by atoms with van der Waals surface area (Å²) in [5.41, 5.74) is 15.5. The predicted octanol–water partition coefficient (Wildman–Crippen LogP) is 3.76. The third kappa shape index (κ3) is 9.13. The van der Waals surface area contributed by atoms with Gasteiger partial charge in [-0.15, -0.1) is 0 Å². The normalized spacial score (nSPS) is 12.9. The first kappa shape index (κ1) is 34.6. The number of nitrogens with one attached hydrogen (secondary N) is 1. The Balaban J connectivity index is 1.42. The molecule has 0 spiro atoms. The quantitative estimate of drug-likeness (QED) is 0.104. The van der Waals surface area contributed by atoms with Crippen LogP contribution in [0.4, 0.5) is 11.5 Å². The van der Waals surface area contributed by atoms with Crippen LogP contribution in [-0.2, 0) is 32.7 Å². The van der Waals surface area contributed by atoms with Crippen molar-refractivity contribution in [1.82, 2.24) is 14.5 Å². The average molecular weight is 643 g/mol. The van der Waals surface area contributed by atoms with Gasteiger partial charge >= 0.3 is 11.9 Å².